The van der Waals surface area contributed by atoms with Gasteiger partial charge in [0.2, 0.25) is 0 Å². The lowest BCUT2D eigenvalue weighted by atomic mass is 10.1. The fourth-order valence-corrected chi connectivity index (χ4v) is 4.51. The van der Waals surface area contributed by atoms with Crippen molar-refractivity contribution < 1.29 is 0 Å². The van der Waals surface area contributed by atoms with Crippen LogP contribution in [0.15, 0.2) is 73.2 Å². The summed E-state index contributed by atoms with van der Waals surface area (Å²) in [5.74, 6) is 0.819. The summed E-state index contributed by atoms with van der Waals surface area (Å²) in [6, 6.07) is 18.6. The van der Waals surface area contributed by atoms with E-state index < -0.39 is 0 Å². The van der Waals surface area contributed by atoms with Crippen molar-refractivity contribution in [2.45, 2.75) is 0 Å². The van der Waals surface area contributed by atoms with E-state index in [0.29, 0.717) is 0 Å². The second kappa shape index (κ2) is 8.83. The number of nitrogens with one attached hydrogen (secondary N) is 1. The zero-order valence-electron chi connectivity index (χ0n) is 17.4. The molecule has 1 N–H and O–H groups in total. The van der Waals surface area contributed by atoms with Gasteiger partial charge in [-0.05, 0) is 36.9 Å². The van der Waals surface area contributed by atoms with Crippen molar-refractivity contribution >= 4 is 28.0 Å². The van der Waals surface area contributed by atoms with Gasteiger partial charge in [0.15, 0.2) is 5.13 Å². The molecule has 4 aromatic rings. The average molecular weight is 429 g/mol. The molecule has 1 saturated heterocycles. The maximum atomic E-state index is 4.57. The number of benzene rings is 1. The molecule has 31 heavy (non-hydrogen) atoms. The molecule has 1 aliphatic heterocycles. The molecule has 1 aromatic carbocycles. The van der Waals surface area contributed by atoms with E-state index in [2.05, 4.69) is 73.5 Å². The molecule has 7 heteroatoms. The van der Waals surface area contributed by atoms with Crippen LogP contribution in [0.1, 0.15) is 0 Å². The van der Waals surface area contributed by atoms with Crippen molar-refractivity contribution in [3.05, 3.63) is 73.2 Å². The van der Waals surface area contributed by atoms with Crippen LogP contribution < -0.4 is 10.2 Å². The van der Waals surface area contributed by atoms with Crippen molar-refractivity contribution in [1.82, 2.24) is 19.9 Å². The van der Waals surface area contributed by atoms with E-state index in [4.69, 9.17) is 0 Å². The van der Waals surface area contributed by atoms with Gasteiger partial charge in [0.25, 0.3) is 0 Å². The lowest BCUT2D eigenvalue weighted by Gasteiger charge is -2.34. The van der Waals surface area contributed by atoms with Crippen LogP contribution in [0.4, 0.5) is 16.6 Å². The van der Waals surface area contributed by atoms with E-state index >= 15 is 0 Å². The number of anilines is 3. The summed E-state index contributed by atoms with van der Waals surface area (Å²) in [5.41, 5.74) is 4.40. The number of pyridine rings is 2. The molecule has 0 unspecified atom stereocenters. The zero-order valence-corrected chi connectivity index (χ0v) is 18.2. The number of thiazole rings is 1. The Bertz CT molecular complexity index is 1150. The molecule has 0 amide bonds. The molecule has 0 atom stereocenters. The fraction of sp³-hybridized carbons (Fsp3) is 0.208. The minimum Gasteiger partial charge on any atom is -0.369 e. The molecule has 1 aliphatic rings. The molecular formula is C24H24N6S. The topological polar surface area (TPSA) is 57.2 Å². The first kappa shape index (κ1) is 19.7. The fourth-order valence-electron chi connectivity index (χ4n) is 3.69. The molecule has 5 rings (SSSR count). The highest BCUT2D eigenvalue weighted by molar-refractivity contribution is 7.18. The Labute approximate surface area is 186 Å². The minimum absolute atomic E-state index is 0.819. The third kappa shape index (κ3) is 4.57. The first-order valence-electron chi connectivity index (χ1n) is 10.4. The predicted octanol–water partition coefficient (Wildman–Crippen LogP) is 4.76. The Morgan fingerprint density at radius 3 is 2.55 bits per heavy atom. The molecule has 0 bridgehead atoms. The quantitative estimate of drug-likeness (QED) is 0.494. The second-order valence-corrected chi connectivity index (χ2v) is 8.67. The molecule has 0 radical (unpaired) electrons. The van der Waals surface area contributed by atoms with E-state index in [0.717, 1.165) is 58.8 Å². The van der Waals surface area contributed by atoms with Gasteiger partial charge in [0.1, 0.15) is 5.82 Å². The molecule has 0 spiro atoms. The first-order chi connectivity index (χ1) is 15.2. The van der Waals surface area contributed by atoms with Gasteiger partial charge in [-0.25, -0.2) is 9.97 Å². The molecule has 4 heterocycles. The lowest BCUT2D eigenvalue weighted by Crippen LogP contribution is -2.44. The number of likely N-dealkylation sites (N-methyl/N-ethyl adjacent to an activating group) is 1. The molecule has 0 aliphatic carbocycles. The van der Waals surface area contributed by atoms with Gasteiger partial charge in [-0.2, -0.15) is 0 Å². The van der Waals surface area contributed by atoms with E-state index in [1.807, 2.05) is 36.8 Å². The third-order valence-corrected chi connectivity index (χ3v) is 6.42. The van der Waals surface area contributed by atoms with Gasteiger partial charge in [0.05, 0.1) is 10.6 Å². The van der Waals surface area contributed by atoms with Crippen LogP contribution in [-0.4, -0.2) is 53.1 Å². The summed E-state index contributed by atoms with van der Waals surface area (Å²) >= 11 is 1.62. The molecule has 156 valence electrons. The molecular weight excluding hydrogens is 404 g/mol. The van der Waals surface area contributed by atoms with Crippen molar-refractivity contribution in [3.8, 4) is 21.7 Å². The maximum Gasteiger partial charge on any atom is 0.188 e. The summed E-state index contributed by atoms with van der Waals surface area (Å²) in [5, 5.41) is 4.21. The highest BCUT2D eigenvalue weighted by Crippen LogP contribution is 2.33. The number of hydrogen-bond donors (Lipinski definition) is 1. The summed E-state index contributed by atoms with van der Waals surface area (Å²) in [6.07, 6.45) is 5.59. The van der Waals surface area contributed by atoms with Crippen LogP contribution in [0.2, 0.25) is 0 Å². The van der Waals surface area contributed by atoms with E-state index in [9.17, 15) is 0 Å². The van der Waals surface area contributed by atoms with Crippen LogP contribution in [0.25, 0.3) is 21.7 Å². The standard InChI is InChI=1S/C24H24N6S/c1-29-11-13-30(14-12-29)20-8-10-26-23(16-20)28-24-27-17-22(31-24)19-6-4-5-18(15-19)21-7-2-3-9-25-21/h2-10,15-17H,11-14H2,1H3,(H,26,27,28). The Hall–Kier alpha value is -3.29. The Morgan fingerprint density at radius 1 is 0.839 bits per heavy atom. The smallest absolute Gasteiger partial charge is 0.188 e. The number of aromatic nitrogens is 3. The third-order valence-electron chi connectivity index (χ3n) is 5.46. The van der Waals surface area contributed by atoms with Crippen molar-refractivity contribution in [2.75, 3.05) is 43.4 Å². The highest BCUT2D eigenvalue weighted by Gasteiger charge is 2.15. The second-order valence-electron chi connectivity index (χ2n) is 7.64. The van der Waals surface area contributed by atoms with Crippen LogP contribution >= 0.6 is 11.3 Å². The van der Waals surface area contributed by atoms with Gasteiger partial charge in [-0.1, -0.05) is 35.6 Å². The lowest BCUT2D eigenvalue weighted by molar-refractivity contribution is 0.313. The van der Waals surface area contributed by atoms with Gasteiger partial charge in [-0.15, -0.1) is 0 Å². The Balaban J connectivity index is 1.32. The Morgan fingerprint density at radius 2 is 1.71 bits per heavy atom. The largest absolute Gasteiger partial charge is 0.369 e. The summed E-state index contributed by atoms with van der Waals surface area (Å²) < 4.78 is 0. The summed E-state index contributed by atoms with van der Waals surface area (Å²) in [6.45, 7) is 4.24. The van der Waals surface area contributed by atoms with E-state index in [1.165, 1.54) is 5.69 Å². The van der Waals surface area contributed by atoms with Gasteiger partial charge >= 0.3 is 0 Å². The van der Waals surface area contributed by atoms with Gasteiger partial charge in [-0.3, -0.25) is 4.98 Å². The van der Waals surface area contributed by atoms with Crippen LogP contribution in [0.3, 0.4) is 0 Å². The summed E-state index contributed by atoms with van der Waals surface area (Å²) in [7, 11) is 2.17. The summed E-state index contributed by atoms with van der Waals surface area (Å²) in [4.78, 5) is 19.4. The SMILES string of the molecule is CN1CCN(c2ccnc(Nc3ncc(-c4cccc(-c5ccccn5)c4)s3)c2)CC1. The van der Waals surface area contributed by atoms with Crippen molar-refractivity contribution in [2.24, 2.45) is 0 Å². The molecule has 0 saturated carbocycles. The molecule has 3 aromatic heterocycles. The first-order valence-corrected chi connectivity index (χ1v) is 11.2. The monoisotopic (exact) mass is 428 g/mol. The Kier molecular flexibility index (Phi) is 5.60. The molecule has 1 fully saturated rings. The molecule has 6 nitrogen and oxygen atoms in total. The number of piperazine rings is 1. The van der Waals surface area contributed by atoms with Gasteiger partial charge < -0.3 is 15.1 Å². The van der Waals surface area contributed by atoms with Crippen molar-refractivity contribution in [3.63, 3.8) is 0 Å². The number of nitrogens with zero attached hydrogens (tertiary/aromatic N) is 5. The van der Waals surface area contributed by atoms with E-state index in [1.54, 1.807) is 11.3 Å². The minimum atomic E-state index is 0.819. The van der Waals surface area contributed by atoms with Crippen LogP contribution in [0.5, 0.6) is 0 Å². The van der Waals surface area contributed by atoms with Crippen molar-refractivity contribution in [1.29, 1.82) is 0 Å². The average Bonchev–Trinajstić information content (AvgIpc) is 3.29. The zero-order chi connectivity index (χ0) is 21.0. The predicted molar refractivity (Wildman–Crippen MR) is 128 cm³/mol. The normalized spacial score (nSPS) is 14.5. The highest BCUT2D eigenvalue weighted by atomic mass is 32.1. The number of rotatable bonds is 5. The van der Waals surface area contributed by atoms with E-state index in [-0.39, 0.29) is 0 Å². The van der Waals surface area contributed by atoms with Crippen LogP contribution in [-0.2, 0) is 0 Å². The maximum absolute atomic E-state index is 4.57. The number of hydrogen-bond acceptors (Lipinski definition) is 7. The van der Waals surface area contributed by atoms with Gasteiger partial charge in [0, 0.05) is 62.1 Å². The van der Waals surface area contributed by atoms with Crippen LogP contribution in [0, 0.1) is 0 Å².